The number of ketones is 1. The molecule has 1 aromatic rings. The van der Waals surface area contributed by atoms with Crippen molar-refractivity contribution in [3.05, 3.63) is 18.2 Å². The van der Waals surface area contributed by atoms with Gasteiger partial charge in [-0.25, -0.2) is 4.98 Å². The zero-order valence-corrected chi connectivity index (χ0v) is 8.57. The Balaban J connectivity index is 2.11. The van der Waals surface area contributed by atoms with Crippen molar-refractivity contribution in [2.45, 2.75) is 45.1 Å². The monoisotopic (exact) mass is 192 g/mol. The second-order valence-electron chi connectivity index (χ2n) is 4.05. The summed E-state index contributed by atoms with van der Waals surface area (Å²) in [5.74, 6) is 0.0551. The molecule has 0 amide bonds. The highest BCUT2D eigenvalue weighted by molar-refractivity contribution is 5.91. The number of aromatic nitrogens is 2. The van der Waals surface area contributed by atoms with Gasteiger partial charge >= 0.3 is 0 Å². The highest BCUT2D eigenvalue weighted by atomic mass is 16.1. The zero-order valence-electron chi connectivity index (χ0n) is 8.57. The van der Waals surface area contributed by atoms with Gasteiger partial charge in [0, 0.05) is 19.2 Å². The van der Waals surface area contributed by atoms with E-state index in [0.717, 1.165) is 0 Å². The van der Waals surface area contributed by atoms with Crippen LogP contribution in [-0.2, 0) is 0 Å². The molecule has 0 aromatic carbocycles. The van der Waals surface area contributed by atoms with Gasteiger partial charge in [-0.1, -0.05) is 19.3 Å². The molecule has 0 spiro atoms. The van der Waals surface area contributed by atoms with Crippen molar-refractivity contribution in [3.8, 4) is 0 Å². The van der Waals surface area contributed by atoms with Gasteiger partial charge in [0.2, 0.25) is 0 Å². The number of nitrogens with zero attached hydrogens (tertiary/aromatic N) is 2. The van der Waals surface area contributed by atoms with Crippen LogP contribution in [0.15, 0.2) is 12.5 Å². The van der Waals surface area contributed by atoms with Gasteiger partial charge in [-0.15, -0.1) is 0 Å². The number of carbonyl (C=O) groups excluding carboxylic acids is 1. The van der Waals surface area contributed by atoms with Crippen LogP contribution in [0.1, 0.15) is 55.6 Å². The number of imidazole rings is 1. The fraction of sp³-hybridized carbons (Fsp3) is 0.636. The van der Waals surface area contributed by atoms with E-state index >= 15 is 0 Å². The van der Waals surface area contributed by atoms with E-state index in [0.29, 0.717) is 11.7 Å². The molecule has 1 aromatic heterocycles. The van der Waals surface area contributed by atoms with Gasteiger partial charge in [0.05, 0.1) is 6.33 Å². The predicted molar refractivity (Wildman–Crippen MR) is 54.4 cm³/mol. The molecule has 1 aliphatic rings. The van der Waals surface area contributed by atoms with E-state index in [-0.39, 0.29) is 5.78 Å². The molecule has 0 bridgehead atoms. The average molecular weight is 192 g/mol. The molecule has 1 heterocycles. The Hall–Kier alpha value is -1.12. The molecule has 14 heavy (non-hydrogen) atoms. The van der Waals surface area contributed by atoms with Crippen molar-refractivity contribution < 1.29 is 4.79 Å². The summed E-state index contributed by atoms with van der Waals surface area (Å²) in [6.07, 6.45) is 10.1. The second-order valence-corrected chi connectivity index (χ2v) is 4.05. The molecule has 1 fully saturated rings. The molecular weight excluding hydrogens is 176 g/mol. The van der Waals surface area contributed by atoms with Gasteiger partial charge in [0.1, 0.15) is 5.69 Å². The summed E-state index contributed by atoms with van der Waals surface area (Å²) in [6, 6.07) is 0.573. The minimum absolute atomic E-state index is 0.0551. The number of hydrogen-bond donors (Lipinski definition) is 0. The van der Waals surface area contributed by atoms with Gasteiger partial charge in [-0.2, -0.15) is 0 Å². The number of rotatable bonds is 2. The Morgan fingerprint density at radius 2 is 2.14 bits per heavy atom. The lowest BCUT2D eigenvalue weighted by Crippen LogP contribution is -2.10. The topological polar surface area (TPSA) is 34.9 Å². The van der Waals surface area contributed by atoms with E-state index in [9.17, 15) is 4.79 Å². The van der Waals surface area contributed by atoms with Crippen molar-refractivity contribution in [1.82, 2.24) is 9.55 Å². The zero-order chi connectivity index (χ0) is 9.97. The third-order valence-electron chi connectivity index (χ3n) is 2.96. The minimum atomic E-state index is 0.0551. The molecule has 3 heteroatoms. The van der Waals surface area contributed by atoms with Crippen molar-refractivity contribution in [2.24, 2.45) is 0 Å². The summed E-state index contributed by atoms with van der Waals surface area (Å²) in [7, 11) is 0. The van der Waals surface area contributed by atoms with Crippen molar-refractivity contribution in [3.63, 3.8) is 0 Å². The molecule has 0 saturated heterocycles. The number of carbonyl (C=O) groups is 1. The van der Waals surface area contributed by atoms with E-state index in [4.69, 9.17) is 0 Å². The summed E-state index contributed by atoms with van der Waals surface area (Å²) >= 11 is 0. The van der Waals surface area contributed by atoms with Crippen molar-refractivity contribution in [1.29, 1.82) is 0 Å². The summed E-state index contributed by atoms with van der Waals surface area (Å²) in [6.45, 7) is 1.56. The standard InChI is InChI=1S/C11H16N2O/c1-9(14)11-7-13(8-12-11)10-5-3-2-4-6-10/h7-8,10H,2-6H2,1H3. The van der Waals surface area contributed by atoms with Crippen LogP contribution in [0, 0.1) is 0 Å². The van der Waals surface area contributed by atoms with E-state index in [1.54, 1.807) is 13.3 Å². The van der Waals surface area contributed by atoms with Gasteiger partial charge in [0.15, 0.2) is 5.78 Å². The first-order valence-corrected chi connectivity index (χ1v) is 5.32. The Morgan fingerprint density at radius 3 is 2.71 bits per heavy atom. The molecule has 76 valence electrons. The molecule has 0 atom stereocenters. The maximum absolute atomic E-state index is 11.1. The molecule has 1 aliphatic carbocycles. The summed E-state index contributed by atoms with van der Waals surface area (Å²) in [5, 5.41) is 0. The van der Waals surface area contributed by atoms with Crippen LogP contribution in [0.2, 0.25) is 0 Å². The van der Waals surface area contributed by atoms with Crippen molar-refractivity contribution >= 4 is 5.78 Å². The summed E-state index contributed by atoms with van der Waals surface area (Å²) in [5.41, 5.74) is 0.593. The number of Topliss-reactive ketones (excluding diaryl/α,β-unsaturated/α-hetero) is 1. The van der Waals surface area contributed by atoms with Crippen molar-refractivity contribution in [2.75, 3.05) is 0 Å². The first kappa shape index (κ1) is 9.44. The van der Waals surface area contributed by atoms with Crippen LogP contribution < -0.4 is 0 Å². The van der Waals surface area contributed by atoms with Gasteiger partial charge < -0.3 is 4.57 Å². The highest BCUT2D eigenvalue weighted by Gasteiger charge is 2.15. The average Bonchev–Trinajstić information content (AvgIpc) is 2.68. The molecule has 3 nitrogen and oxygen atoms in total. The maximum Gasteiger partial charge on any atom is 0.179 e. The van der Waals surface area contributed by atoms with Crippen LogP contribution in [0.25, 0.3) is 0 Å². The van der Waals surface area contributed by atoms with Gasteiger partial charge in [-0.3, -0.25) is 4.79 Å². The van der Waals surface area contributed by atoms with E-state index in [1.807, 2.05) is 6.20 Å². The highest BCUT2D eigenvalue weighted by Crippen LogP contribution is 2.27. The second kappa shape index (κ2) is 3.95. The fourth-order valence-electron chi connectivity index (χ4n) is 2.10. The first-order valence-electron chi connectivity index (χ1n) is 5.32. The lowest BCUT2D eigenvalue weighted by Gasteiger charge is -2.22. The Labute approximate surface area is 84.1 Å². The predicted octanol–water partition coefficient (Wildman–Crippen LogP) is 2.59. The molecule has 0 aliphatic heterocycles. The van der Waals surface area contributed by atoms with E-state index in [2.05, 4.69) is 9.55 Å². The van der Waals surface area contributed by atoms with Crippen LogP contribution in [-0.4, -0.2) is 15.3 Å². The summed E-state index contributed by atoms with van der Waals surface area (Å²) in [4.78, 5) is 15.2. The van der Waals surface area contributed by atoms with Crippen LogP contribution in [0.3, 0.4) is 0 Å². The fourth-order valence-corrected chi connectivity index (χ4v) is 2.10. The van der Waals surface area contributed by atoms with E-state index in [1.165, 1.54) is 32.1 Å². The first-order chi connectivity index (χ1) is 6.77. The largest absolute Gasteiger partial charge is 0.334 e. The Morgan fingerprint density at radius 1 is 1.43 bits per heavy atom. The molecule has 1 saturated carbocycles. The van der Waals surface area contributed by atoms with Gasteiger partial charge in [-0.05, 0) is 12.8 Å². The molecule has 0 N–H and O–H groups in total. The normalized spacial score (nSPS) is 18.4. The van der Waals surface area contributed by atoms with E-state index < -0.39 is 0 Å². The van der Waals surface area contributed by atoms with Crippen LogP contribution in [0.5, 0.6) is 0 Å². The third kappa shape index (κ3) is 1.86. The minimum Gasteiger partial charge on any atom is -0.334 e. The lowest BCUT2D eigenvalue weighted by atomic mass is 9.95. The van der Waals surface area contributed by atoms with Gasteiger partial charge in [0.25, 0.3) is 0 Å². The number of hydrogen-bond acceptors (Lipinski definition) is 2. The maximum atomic E-state index is 11.1. The third-order valence-corrected chi connectivity index (χ3v) is 2.96. The Bertz CT molecular complexity index is 324. The quantitative estimate of drug-likeness (QED) is 0.675. The molecule has 0 unspecified atom stereocenters. The van der Waals surface area contributed by atoms with Crippen LogP contribution in [0.4, 0.5) is 0 Å². The SMILES string of the molecule is CC(=O)c1cn(C2CCCCC2)cn1. The molecular formula is C11H16N2O. The lowest BCUT2D eigenvalue weighted by molar-refractivity contribution is 0.101. The Kier molecular flexibility index (Phi) is 2.66. The molecule has 2 rings (SSSR count). The summed E-state index contributed by atoms with van der Waals surface area (Å²) < 4.78 is 2.11. The van der Waals surface area contributed by atoms with Crippen LogP contribution >= 0.6 is 0 Å². The smallest absolute Gasteiger partial charge is 0.179 e. The molecule has 0 radical (unpaired) electrons.